The molecule has 2 atom stereocenters. The standard InChI is InChI=1S/C14H16BrNO4/c1-14-4-3-5-20-9(14)7-16-6-8(15)11(17)12(19-2)10(16)13(14)18/h6,9H,3-5,7H2,1-2H3/t9?,14-/m0/s1. The van der Waals surface area contributed by atoms with Crippen molar-refractivity contribution in [2.45, 2.75) is 32.4 Å². The zero-order valence-corrected chi connectivity index (χ0v) is 13.0. The molecule has 0 aliphatic carbocycles. The molecule has 0 spiro atoms. The maximum Gasteiger partial charge on any atom is 0.238 e. The number of methoxy groups -OCH3 is 1. The summed E-state index contributed by atoms with van der Waals surface area (Å²) in [6.07, 6.45) is 3.15. The van der Waals surface area contributed by atoms with Gasteiger partial charge in [-0.25, -0.2) is 0 Å². The minimum atomic E-state index is -0.564. The predicted molar refractivity (Wildman–Crippen MR) is 76.4 cm³/mol. The zero-order valence-electron chi connectivity index (χ0n) is 11.4. The molecule has 20 heavy (non-hydrogen) atoms. The van der Waals surface area contributed by atoms with Crippen LogP contribution in [-0.4, -0.2) is 30.2 Å². The van der Waals surface area contributed by atoms with Gasteiger partial charge in [-0.15, -0.1) is 0 Å². The highest BCUT2D eigenvalue weighted by Crippen LogP contribution is 2.42. The molecule has 3 heterocycles. The van der Waals surface area contributed by atoms with Crippen LogP contribution in [0.25, 0.3) is 0 Å². The molecule has 5 nitrogen and oxygen atoms in total. The largest absolute Gasteiger partial charge is 0.491 e. The number of Topliss-reactive ketones (excluding diaryl/α,β-unsaturated/α-hetero) is 1. The minimum Gasteiger partial charge on any atom is -0.491 e. The number of nitrogens with zero attached hydrogens (tertiary/aromatic N) is 1. The van der Waals surface area contributed by atoms with Crippen LogP contribution >= 0.6 is 15.9 Å². The van der Waals surface area contributed by atoms with Crippen LogP contribution in [0.1, 0.15) is 30.3 Å². The van der Waals surface area contributed by atoms with Crippen LogP contribution in [-0.2, 0) is 11.3 Å². The third kappa shape index (κ3) is 1.78. The fourth-order valence-corrected chi connectivity index (χ4v) is 3.57. The number of hydrogen-bond donors (Lipinski definition) is 0. The Morgan fingerprint density at radius 1 is 1.50 bits per heavy atom. The van der Waals surface area contributed by atoms with Crippen molar-refractivity contribution in [3.05, 3.63) is 26.6 Å². The lowest BCUT2D eigenvalue weighted by Crippen LogP contribution is -2.52. The van der Waals surface area contributed by atoms with Gasteiger partial charge in [0.1, 0.15) is 5.69 Å². The molecule has 108 valence electrons. The topological polar surface area (TPSA) is 57.5 Å². The summed E-state index contributed by atoms with van der Waals surface area (Å²) in [6.45, 7) is 3.17. The van der Waals surface area contributed by atoms with Gasteiger partial charge in [0.05, 0.1) is 29.6 Å². The van der Waals surface area contributed by atoms with E-state index in [1.807, 2.05) is 6.92 Å². The second-order valence-electron chi connectivity index (χ2n) is 5.55. The number of carbonyl (C=O) groups excluding carboxylic acids is 1. The molecule has 1 fully saturated rings. The van der Waals surface area contributed by atoms with E-state index in [2.05, 4.69) is 15.9 Å². The molecule has 0 amide bonds. The molecule has 0 radical (unpaired) electrons. The lowest BCUT2D eigenvalue weighted by molar-refractivity contribution is -0.0740. The van der Waals surface area contributed by atoms with Crippen LogP contribution in [0.3, 0.4) is 0 Å². The number of rotatable bonds is 1. The van der Waals surface area contributed by atoms with E-state index in [4.69, 9.17) is 9.47 Å². The summed E-state index contributed by atoms with van der Waals surface area (Å²) in [6, 6.07) is 0. The molecule has 2 aliphatic heterocycles. The van der Waals surface area contributed by atoms with Gasteiger partial charge in [0.2, 0.25) is 5.43 Å². The minimum absolute atomic E-state index is 0.0603. The summed E-state index contributed by atoms with van der Waals surface area (Å²) in [5.41, 5.74) is -0.484. The average Bonchev–Trinajstić information content (AvgIpc) is 2.43. The van der Waals surface area contributed by atoms with Gasteiger partial charge < -0.3 is 14.0 Å². The number of hydrogen-bond acceptors (Lipinski definition) is 4. The van der Waals surface area contributed by atoms with E-state index in [1.165, 1.54) is 7.11 Å². The second kappa shape index (κ2) is 4.70. The highest BCUT2D eigenvalue weighted by atomic mass is 79.9. The number of fused-ring (bicyclic) bond motifs is 2. The van der Waals surface area contributed by atoms with Gasteiger partial charge in [-0.3, -0.25) is 9.59 Å². The van der Waals surface area contributed by atoms with Crippen molar-refractivity contribution in [2.24, 2.45) is 5.41 Å². The molecule has 1 saturated heterocycles. The Kier molecular flexibility index (Phi) is 3.25. The van der Waals surface area contributed by atoms with Gasteiger partial charge in [0, 0.05) is 12.8 Å². The molecule has 3 rings (SSSR count). The zero-order chi connectivity index (χ0) is 14.5. The Balaban J connectivity index is 2.23. The van der Waals surface area contributed by atoms with E-state index < -0.39 is 5.41 Å². The molecule has 1 unspecified atom stereocenters. The van der Waals surface area contributed by atoms with Gasteiger partial charge in [-0.1, -0.05) is 0 Å². The van der Waals surface area contributed by atoms with Crippen molar-refractivity contribution in [2.75, 3.05) is 13.7 Å². The molecule has 1 aromatic heterocycles. The maximum atomic E-state index is 12.9. The third-order valence-corrected chi connectivity index (χ3v) is 4.93. The first kappa shape index (κ1) is 13.8. The second-order valence-corrected chi connectivity index (χ2v) is 6.40. The summed E-state index contributed by atoms with van der Waals surface area (Å²) in [5, 5.41) is 0. The van der Waals surface area contributed by atoms with Crippen molar-refractivity contribution in [1.29, 1.82) is 0 Å². The molecule has 0 saturated carbocycles. The maximum absolute atomic E-state index is 12.9. The number of ether oxygens (including phenoxy) is 2. The van der Waals surface area contributed by atoms with E-state index in [1.54, 1.807) is 10.8 Å². The van der Waals surface area contributed by atoms with Crippen molar-refractivity contribution in [3.8, 4) is 5.75 Å². The summed E-state index contributed by atoms with van der Waals surface area (Å²) < 4.78 is 13.1. The Labute approximate surface area is 125 Å². The summed E-state index contributed by atoms with van der Waals surface area (Å²) in [5.74, 6) is 0.0597. The van der Waals surface area contributed by atoms with Crippen LogP contribution in [0.15, 0.2) is 15.5 Å². The molecular weight excluding hydrogens is 326 g/mol. The van der Waals surface area contributed by atoms with E-state index in [0.29, 0.717) is 23.3 Å². The number of halogens is 1. The predicted octanol–water partition coefficient (Wildman–Crippen LogP) is 2.00. The van der Waals surface area contributed by atoms with E-state index >= 15 is 0 Å². The Bertz CT molecular complexity index is 639. The third-order valence-electron chi connectivity index (χ3n) is 4.37. The molecule has 6 heteroatoms. The molecule has 2 aliphatic rings. The molecule has 0 aromatic carbocycles. The Morgan fingerprint density at radius 2 is 2.25 bits per heavy atom. The van der Waals surface area contributed by atoms with Crippen molar-refractivity contribution in [3.63, 3.8) is 0 Å². The molecule has 1 aromatic rings. The fourth-order valence-electron chi connectivity index (χ4n) is 3.15. The smallest absolute Gasteiger partial charge is 0.238 e. The highest BCUT2D eigenvalue weighted by molar-refractivity contribution is 9.10. The number of carbonyl (C=O) groups is 1. The average molecular weight is 342 g/mol. The number of ketones is 1. The van der Waals surface area contributed by atoms with E-state index in [0.717, 1.165) is 12.8 Å². The Morgan fingerprint density at radius 3 is 2.95 bits per heavy atom. The van der Waals surface area contributed by atoms with Crippen molar-refractivity contribution < 1.29 is 14.3 Å². The van der Waals surface area contributed by atoms with Crippen LogP contribution in [0.2, 0.25) is 0 Å². The van der Waals surface area contributed by atoms with Crippen LogP contribution in [0.5, 0.6) is 5.75 Å². The summed E-state index contributed by atoms with van der Waals surface area (Å²) in [4.78, 5) is 25.0. The monoisotopic (exact) mass is 341 g/mol. The summed E-state index contributed by atoms with van der Waals surface area (Å²) in [7, 11) is 1.42. The van der Waals surface area contributed by atoms with Gasteiger partial charge >= 0.3 is 0 Å². The van der Waals surface area contributed by atoms with Crippen molar-refractivity contribution in [1.82, 2.24) is 4.57 Å². The molecular formula is C14H16BrNO4. The number of pyridine rings is 1. The van der Waals surface area contributed by atoms with Crippen LogP contribution in [0, 0.1) is 5.41 Å². The highest BCUT2D eigenvalue weighted by Gasteiger charge is 2.49. The first-order valence-electron chi connectivity index (χ1n) is 6.62. The van der Waals surface area contributed by atoms with Crippen LogP contribution in [0.4, 0.5) is 0 Å². The van der Waals surface area contributed by atoms with Crippen LogP contribution < -0.4 is 10.2 Å². The molecule has 0 N–H and O–H groups in total. The lowest BCUT2D eigenvalue weighted by Gasteiger charge is -2.44. The first-order valence-corrected chi connectivity index (χ1v) is 7.41. The first-order chi connectivity index (χ1) is 9.49. The number of aromatic nitrogens is 1. The fraction of sp³-hybridized carbons (Fsp3) is 0.571. The van der Waals surface area contributed by atoms with E-state index in [-0.39, 0.29) is 23.1 Å². The quantitative estimate of drug-likeness (QED) is 0.783. The van der Waals surface area contributed by atoms with E-state index in [9.17, 15) is 9.59 Å². The van der Waals surface area contributed by atoms with Gasteiger partial charge in [0.15, 0.2) is 11.5 Å². The normalized spacial score (nSPS) is 28.8. The summed E-state index contributed by atoms with van der Waals surface area (Å²) >= 11 is 3.22. The lowest BCUT2D eigenvalue weighted by atomic mass is 9.71. The van der Waals surface area contributed by atoms with Crippen molar-refractivity contribution >= 4 is 21.7 Å². The van der Waals surface area contributed by atoms with Gasteiger partial charge in [-0.2, -0.15) is 0 Å². The van der Waals surface area contributed by atoms with Gasteiger partial charge in [-0.05, 0) is 35.7 Å². The Hall–Kier alpha value is -1.14. The van der Waals surface area contributed by atoms with Gasteiger partial charge in [0.25, 0.3) is 0 Å². The molecule has 0 bridgehead atoms. The SMILES string of the molecule is COc1c2n(cc(Br)c1=O)CC1OCCC[C@]1(C)C2=O.